The number of hydrogen-bond acceptors (Lipinski definition) is 2. The fraction of sp³-hybridized carbons (Fsp3) is 0.571. The molecule has 0 atom stereocenters. The molecule has 1 aliphatic rings. The van der Waals surface area contributed by atoms with E-state index in [9.17, 15) is 0 Å². The molecule has 4 heteroatoms. The van der Waals surface area contributed by atoms with Crippen LogP contribution in [0.2, 0.25) is 0 Å². The summed E-state index contributed by atoms with van der Waals surface area (Å²) < 4.78 is 2.05. The summed E-state index contributed by atoms with van der Waals surface area (Å²) in [6, 6.07) is 0. The Morgan fingerprint density at radius 3 is 3.18 bits per heavy atom. The van der Waals surface area contributed by atoms with Crippen LogP contribution in [0.25, 0.3) is 0 Å². The van der Waals surface area contributed by atoms with Crippen LogP contribution in [-0.2, 0) is 19.6 Å². The second-order valence-electron chi connectivity index (χ2n) is 2.54. The highest BCUT2D eigenvalue weighted by molar-refractivity contribution is 5.85. The van der Waals surface area contributed by atoms with Crippen molar-refractivity contribution in [3.8, 4) is 0 Å². The molecule has 0 aliphatic carbocycles. The minimum Gasteiger partial charge on any atom is -0.307 e. The van der Waals surface area contributed by atoms with Gasteiger partial charge in [-0.3, -0.25) is 4.68 Å². The molecular weight excluding hydrogens is 162 g/mol. The quantitative estimate of drug-likeness (QED) is 0.685. The van der Waals surface area contributed by atoms with Crippen LogP contribution in [0.3, 0.4) is 0 Å². The van der Waals surface area contributed by atoms with Crippen LogP contribution in [0.5, 0.6) is 0 Å². The fourth-order valence-corrected chi connectivity index (χ4v) is 1.39. The molecule has 0 saturated carbocycles. The highest BCUT2D eigenvalue weighted by atomic mass is 35.5. The average molecular weight is 174 g/mol. The lowest BCUT2D eigenvalue weighted by atomic mass is 10.3. The number of nitrogens with zero attached hydrogens (tertiary/aromatic N) is 2. The Morgan fingerprint density at radius 1 is 1.64 bits per heavy atom. The standard InChI is InChI=1S/C7H11N3.ClH/c1-2-10-7-5-8-3-6(7)4-9-10;/h4,8H,2-3,5H2,1H3;1H. The molecule has 1 aromatic rings. The Labute approximate surface area is 72.2 Å². The Morgan fingerprint density at radius 2 is 2.45 bits per heavy atom. The SMILES string of the molecule is CCn1ncc2c1CNC2.Cl. The van der Waals surface area contributed by atoms with Gasteiger partial charge in [0.25, 0.3) is 0 Å². The Kier molecular flexibility index (Phi) is 2.52. The van der Waals surface area contributed by atoms with E-state index in [-0.39, 0.29) is 12.4 Å². The van der Waals surface area contributed by atoms with Crippen LogP contribution in [0.1, 0.15) is 18.2 Å². The lowest BCUT2D eigenvalue weighted by Crippen LogP contribution is -2.07. The summed E-state index contributed by atoms with van der Waals surface area (Å²) in [6.45, 7) is 5.08. The van der Waals surface area contributed by atoms with Crippen molar-refractivity contribution in [1.82, 2.24) is 15.1 Å². The molecule has 0 fully saturated rings. The second kappa shape index (κ2) is 3.24. The lowest BCUT2D eigenvalue weighted by Gasteiger charge is -1.98. The smallest absolute Gasteiger partial charge is 0.0566 e. The molecule has 2 rings (SSSR count). The molecule has 0 bridgehead atoms. The van der Waals surface area contributed by atoms with Crippen molar-refractivity contribution in [2.45, 2.75) is 26.6 Å². The van der Waals surface area contributed by atoms with Gasteiger partial charge < -0.3 is 5.32 Å². The van der Waals surface area contributed by atoms with Crippen LogP contribution in [0.4, 0.5) is 0 Å². The number of halogens is 1. The van der Waals surface area contributed by atoms with E-state index in [0.29, 0.717) is 0 Å². The molecule has 1 aromatic heterocycles. The van der Waals surface area contributed by atoms with Crippen molar-refractivity contribution < 1.29 is 0 Å². The Hall–Kier alpha value is -0.540. The largest absolute Gasteiger partial charge is 0.307 e. The first kappa shape index (κ1) is 8.56. The highest BCUT2D eigenvalue weighted by Crippen LogP contribution is 2.13. The summed E-state index contributed by atoms with van der Waals surface area (Å²) in [5.74, 6) is 0. The van der Waals surface area contributed by atoms with E-state index in [0.717, 1.165) is 19.6 Å². The van der Waals surface area contributed by atoms with E-state index in [4.69, 9.17) is 0 Å². The van der Waals surface area contributed by atoms with Crippen LogP contribution in [0, 0.1) is 0 Å². The molecular formula is C7H12ClN3. The van der Waals surface area contributed by atoms with Gasteiger partial charge in [-0.25, -0.2) is 0 Å². The normalized spacial score (nSPS) is 14.3. The number of aromatic nitrogens is 2. The monoisotopic (exact) mass is 173 g/mol. The Balaban J connectivity index is 0.000000605. The van der Waals surface area contributed by atoms with E-state index in [1.807, 2.05) is 6.20 Å². The van der Waals surface area contributed by atoms with Gasteiger partial charge in [0.2, 0.25) is 0 Å². The van der Waals surface area contributed by atoms with Gasteiger partial charge in [0, 0.05) is 25.2 Å². The van der Waals surface area contributed by atoms with Gasteiger partial charge in [0.1, 0.15) is 0 Å². The van der Waals surface area contributed by atoms with Crippen LogP contribution < -0.4 is 5.32 Å². The maximum atomic E-state index is 4.23. The van der Waals surface area contributed by atoms with Gasteiger partial charge >= 0.3 is 0 Å². The average Bonchev–Trinajstić information content (AvgIpc) is 2.44. The van der Waals surface area contributed by atoms with Crippen LogP contribution in [-0.4, -0.2) is 9.78 Å². The van der Waals surface area contributed by atoms with Crippen molar-refractivity contribution in [3.63, 3.8) is 0 Å². The zero-order chi connectivity index (χ0) is 6.97. The van der Waals surface area contributed by atoms with E-state index in [1.54, 1.807) is 0 Å². The third kappa shape index (κ3) is 1.26. The first-order valence-corrected chi connectivity index (χ1v) is 3.66. The molecule has 1 N–H and O–H groups in total. The van der Waals surface area contributed by atoms with Crippen molar-refractivity contribution in [2.24, 2.45) is 0 Å². The summed E-state index contributed by atoms with van der Waals surface area (Å²) in [4.78, 5) is 0. The van der Waals surface area contributed by atoms with Crippen LogP contribution in [0.15, 0.2) is 6.20 Å². The molecule has 0 saturated heterocycles. The maximum absolute atomic E-state index is 4.23. The molecule has 0 aromatic carbocycles. The number of nitrogens with one attached hydrogen (secondary N) is 1. The van der Waals surface area contributed by atoms with Gasteiger partial charge in [-0.05, 0) is 6.92 Å². The zero-order valence-corrected chi connectivity index (χ0v) is 7.32. The van der Waals surface area contributed by atoms with E-state index < -0.39 is 0 Å². The third-order valence-corrected chi connectivity index (χ3v) is 1.94. The third-order valence-electron chi connectivity index (χ3n) is 1.94. The molecule has 0 amide bonds. The highest BCUT2D eigenvalue weighted by Gasteiger charge is 2.14. The van der Waals surface area contributed by atoms with Crippen molar-refractivity contribution in [3.05, 3.63) is 17.5 Å². The summed E-state index contributed by atoms with van der Waals surface area (Å²) in [7, 11) is 0. The molecule has 62 valence electrons. The molecule has 11 heavy (non-hydrogen) atoms. The molecule has 0 radical (unpaired) electrons. The van der Waals surface area contributed by atoms with Gasteiger partial charge in [-0.1, -0.05) is 0 Å². The van der Waals surface area contributed by atoms with Gasteiger partial charge in [-0.15, -0.1) is 12.4 Å². The first-order valence-electron chi connectivity index (χ1n) is 3.66. The molecule has 1 aliphatic heterocycles. The Bertz CT molecular complexity index is 244. The molecule has 0 unspecified atom stereocenters. The second-order valence-corrected chi connectivity index (χ2v) is 2.54. The zero-order valence-electron chi connectivity index (χ0n) is 6.50. The summed E-state index contributed by atoms with van der Waals surface area (Å²) in [5, 5.41) is 7.51. The summed E-state index contributed by atoms with van der Waals surface area (Å²) in [5.41, 5.74) is 2.73. The predicted octanol–water partition coefficient (Wildman–Crippen LogP) is 0.928. The molecule has 2 heterocycles. The number of fused-ring (bicyclic) bond motifs is 1. The van der Waals surface area contributed by atoms with Gasteiger partial charge in [-0.2, -0.15) is 5.10 Å². The van der Waals surface area contributed by atoms with Crippen molar-refractivity contribution in [2.75, 3.05) is 0 Å². The summed E-state index contributed by atoms with van der Waals surface area (Å²) in [6.07, 6.45) is 1.96. The van der Waals surface area contributed by atoms with Gasteiger partial charge in [0.15, 0.2) is 0 Å². The number of rotatable bonds is 1. The minimum atomic E-state index is 0. The predicted molar refractivity (Wildman–Crippen MR) is 45.7 cm³/mol. The topological polar surface area (TPSA) is 29.9 Å². The first-order chi connectivity index (χ1) is 4.92. The van der Waals surface area contributed by atoms with Crippen molar-refractivity contribution >= 4 is 12.4 Å². The number of aryl methyl sites for hydroxylation is 1. The van der Waals surface area contributed by atoms with E-state index >= 15 is 0 Å². The van der Waals surface area contributed by atoms with E-state index in [1.165, 1.54) is 11.3 Å². The van der Waals surface area contributed by atoms with Gasteiger partial charge in [0.05, 0.1) is 11.9 Å². The number of hydrogen-bond donors (Lipinski definition) is 1. The minimum absolute atomic E-state index is 0. The summed E-state index contributed by atoms with van der Waals surface area (Å²) >= 11 is 0. The maximum Gasteiger partial charge on any atom is 0.0566 e. The van der Waals surface area contributed by atoms with Crippen LogP contribution >= 0.6 is 12.4 Å². The fourth-order valence-electron chi connectivity index (χ4n) is 1.39. The lowest BCUT2D eigenvalue weighted by molar-refractivity contribution is 0.606. The van der Waals surface area contributed by atoms with E-state index in [2.05, 4.69) is 22.0 Å². The molecule has 0 spiro atoms. The van der Waals surface area contributed by atoms with Crippen molar-refractivity contribution in [1.29, 1.82) is 0 Å². The molecule has 3 nitrogen and oxygen atoms in total.